The molecular formula is C22H30N2O4S. The van der Waals surface area contributed by atoms with Crippen LogP contribution in [0.25, 0.3) is 0 Å². The highest BCUT2D eigenvalue weighted by molar-refractivity contribution is 7.92. The van der Waals surface area contributed by atoms with Gasteiger partial charge in [-0.25, -0.2) is 13.4 Å². The number of nitrogens with zero attached hydrogens (tertiary/aromatic N) is 2. The molecule has 0 amide bonds. The van der Waals surface area contributed by atoms with Gasteiger partial charge in [-0.1, -0.05) is 6.08 Å². The Kier molecular flexibility index (Phi) is 5.97. The third-order valence-corrected chi connectivity index (χ3v) is 8.38. The van der Waals surface area contributed by atoms with Crippen LogP contribution in [0.1, 0.15) is 39.5 Å². The number of likely N-dealkylation sites (tertiary alicyclic amines) is 1. The van der Waals surface area contributed by atoms with Gasteiger partial charge in [-0.15, -0.1) is 0 Å². The van der Waals surface area contributed by atoms with Gasteiger partial charge in [0.1, 0.15) is 17.1 Å². The van der Waals surface area contributed by atoms with E-state index in [2.05, 4.69) is 16.8 Å². The minimum Gasteiger partial charge on any atom is -0.494 e. The summed E-state index contributed by atoms with van der Waals surface area (Å²) in [5, 5.41) is -0.590. The number of rotatable bonds is 6. The SMILES string of the molecule is C[C@@H]1CCCN1CCCOC1=CCC([C@@H]2Oc3cccnc3S(=O)(=O)[C@H]2C)C=C1. The zero-order chi connectivity index (χ0) is 20.4. The van der Waals surface area contributed by atoms with E-state index in [9.17, 15) is 8.42 Å². The summed E-state index contributed by atoms with van der Waals surface area (Å²) in [5.41, 5.74) is 0. The smallest absolute Gasteiger partial charge is 0.205 e. The van der Waals surface area contributed by atoms with E-state index < -0.39 is 21.2 Å². The molecule has 6 nitrogen and oxygen atoms in total. The second-order valence-electron chi connectivity index (χ2n) is 8.23. The molecule has 29 heavy (non-hydrogen) atoms. The van der Waals surface area contributed by atoms with E-state index in [4.69, 9.17) is 9.47 Å². The van der Waals surface area contributed by atoms with E-state index in [-0.39, 0.29) is 10.9 Å². The molecule has 0 N–H and O–H groups in total. The van der Waals surface area contributed by atoms with Gasteiger partial charge < -0.3 is 14.4 Å². The molecule has 1 aromatic rings. The molecule has 0 bridgehead atoms. The molecule has 1 fully saturated rings. The highest BCUT2D eigenvalue weighted by atomic mass is 32.2. The number of fused-ring (bicyclic) bond motifs is 1. The van der Waals surface area contributed by atoms with Crippen molar-refractivity contribution in [1.82, 2.24) is 9.88 Å². The predicted octanol–water partition coefficient (Wildman–Crippen LogP) is 3.36. The van der Waals surface area contributed by atoms with Crippen LogP contribution in [-0.4, -0.2) is 55.4 Å². The van der Waals surface area contributed by atoms with Crippen molar-refractivity contribution in [2.24, 2.45) is 5.92 Å². The van der Waals surface area contributed by atoms with Crippen LogP contribution < -0.4 is 4.74 Å². The molecule has 0 saturated carbocycles. The second-order valence-corrected chi connectivity index (χ2v) is 10.5. The predicted molar refractivity (Wildman–Crippen MR) is 111 cm³/mol. The lowest BCUT2D eigenvalue weighted by Crippen LogP contribution is -2.45. The average Bonchev–Trinajstić information content (AvgIpc) is 3.14. The van der Waals surface area contributed by atoms with Crippen molar-refractivity contribution in [3.63, 3.8) is 0 Å². The van der Waals surface area contributed by atoms with Gasteiger partial charge >= 0.3 is 0 Å². The zero-order valence-corrected chi connectivity index (χ0v) is 18.0. The van der Waals surface area contributed by atoms with Gasteiger partial charge in [-0.2, -0.15) is 0 Å². The molecule has 158 valence electrons. The third kappa shape index (κ3) is 4.21. The number of sulfone groups is 1. The molecule has 0 radical (unpaired) electrons. The Morgan fingerprint density at radius 1 is 1.34 bits per heavy atom. The fourth-order valence-electron chi connectivity index (χ4n) is 4.46. The van der Waals surface area contributed by atoms with Crippen LogP contribution in [0, 0.1) is 5.92 Å². The third-order valence-electron chi connectivity index (χ3n) is 6.29. The summed E-state index contributed by atoms with van der Waals surface area (Å²) >= 11 is 0. The van der Waals surface area contributed by atoms with Gasteiger partial charge in [0.2, 0.25) is 9.84 Å². The number of ether oxygens (including phenoxy) is 2. The lowest BCUT2D eigenvalue weighted by Gasteiger charge is -2.35. The van der Waals surface area contributed by atoms with Crippen LogP contribution in [0.4, 0.5) is 0 Å². The quantitative estimate of drug-likeness (QED) is 0.660. The second kappa shape index (κ2) is 8.48. The molecule has 1 aliphatic carbocycles. The monoisotopic (exact) mass is 418 g/mol. The number of aromatic nitrogens is 1. The largest absolute Gasteiger partial charge is 0.494 e. The molecule has 4 rings (SSSR count). The Balaban J connectivity index is 1.31. The molecule has 2 aliphatic heterocycles. The van der Waals surface area contributed by atoms with Crippen molar-refractivity contribution >= 4 is 9.84 Å². The van der Waals surface area contributed by atoms with Crippen LogP contribution in [0.2, 0.25) is 0 Å². The van der Waals surface area contributed by atoms with E-state index in [1.807, 2.05) is 18.2 Å². The highest BCUT2D eigenvalue weighted by Crippen LogP contribution is 2.37. The van der Waals surface area contributed by atoms with E-state index in [1.165, 1.54) is 25.6 Å². The lowest BCUT2D eigenvalue weighted by atomic mass is 9.92. The highest BCUT2D eigenvalue weighted by Gasteiger charge is 2.43. The summed E-state index contributed by atoms with van der Waals surface area (Å²) in [6.07, 6.45) is 11.4. The molecule has 0 aromatic carbocycles. The number of pyridine rings is 1. The number of allylic oxidation sites excluding steroid dienone is 2. The maximum Gasteiger partial charge on any atom is 0.205 e. The first-order valence-electron chi connectivity index (χ1n) is 10.6. The van der Waals surface area contributed by atoms with Crippen LogP contribution in [0.15, 0.2) is 47.3 Å². The Morgan fingerprint density at radius 3 is 2.93 bits per heavy atom. The van der Waals surface area contributed by atoms with Crippen LogP contribution in [0.5, 0.6) is 5.75 Å². The van der Waals surface area contributed by atoms with Gasteiger partial charge in [-0.3, -0.25) is 0 Å². The number of hydrogen-bond acceptors (Lipinski definition) is 6. The maximum atomic E-state index is 12.8. The van der Waals surface area contributed by atoms with Crippen LogP contribution in [0.3, 0.4) is 0 Å². The van der Waals surface area contributed by atoms with Gasteiger partial charge in [0, 0.05) is 24.7 Å². The van der Waals surface area contributed by atoms with Crippen molar-refractivity contribution in [3.05, 3.63) is 42.3 Å². The fraction of sp³-hybridized carbons (Fsp3) is 0.591. The van der Waals surface area contributed by atoms with E-state index in [0.29, 0.717) is 24.8 Å². The minimum atomic E-state index is -3.49. The van der Waals surface area contributed by atoms with Crippen LogP contribution in [-0.2, 0) is 14.6 Å². The zero-order valence-electron chi connectivity index (χ0n) is 17.2. The molecule has 3 heterocycles. The first kappa shape index (κ1) is 20.4. The summed E-state index contributed by atoms with van der Waals surface area (Å²) in [4.78, 5) is 6.55. The molecule has 4 atom stereocenters. The topological polar surface area (TPSA) is 68.7 Å². The van der Waals surface area contributed by atoms with Crippen molar-refractivity contribution in [2.75, 3.05) is 19.7 Å². The average molecular weight is 419 g/mol. The molecule has 3 aliphatic rings. The molecule has 1 aromatic heterocycles. The fourth-order valence-corrected chi connectivity index (χ4v) is 6.03. The first-order chi connectivity index (χ1) is 14.0. The molecule has 0 spiro atoms. The summed E-state index contributed by atoms with van der Waals surface area (Å²) in [6.45, 7) is 6.99. The van der Waals surface area contributed by atoms with Gasteiger partial charge in [0.15, 0.2) is 10.8 Å². The van der Waals surface area contributed by atoms with Gasteiger partial charge in [0.25, 0.3) is 0 Å². The summed E-state index contributed by atoms with van der Waals surface area (Å²) in [7, 11) is -3.49. The maximum absolute atomic E-state index is 12.8. The molecule has 1 unspecified atom stereocenters. The summed E-state index contributed by atoms with van der Waals surface area (Å²) < 4.78 is 37.6. The normalized spacial score (nSPS) is 31.0. The molecule has 7 heteroatoms. The van der Waals surface area contributed by atoms with Crippen molar-refractivity contribution in [3.8, 4) is 5.75 Å². The van der Waals surface area contributed by atoms with E-state index in [1.54, 1.807) is 19.1 Å². The van der Waals surface area contributed by atoms with E-state index >= 15 is 0 Å². The van der Waals surface area contributed by atoms with Gasteiger partial charge in [-0.05, 0) is 70.4 Å². The lowest BCUT2D eigenvalue weighted by molar-refractivity contribution is 0.137. The Hall–Kier alpha value is -1.86. The van der Waals surface area contributed by atoms with Crippen molar-refractivity contribution in [1.29, 1.82) is 0 Å². The summed E-state index contributed by atoms with van der Waals surface area (Å²) in [5.74, 6) is 1.21. The van der Waals surface area contributed by atoms with Crippen LogP contribution >= 0.6 is 0 Å². The molecular weight excluding hydrogens is 388 g/mol. The van der Waals surface area contributed by atoms with Crippen molar-refractivity contribution < 1.29 is 17.9 Å². The Bertz CT molecular complexity index is 896. The Morgan fingerprint density at radius 2 is 2.21 bits per heavy atom. The molecule has 1 saturated heterocycles. The number of hydrogen-bond donors (Lipinski definition) is 0. The Labute approximate surface area is 173 Å². The van der Waals surface area contributed by atoms with Gasteiger partial charge in [0.05, 0.1) is 6.61 Å². The first-order valence-corrected chi connectivity index (χ1v) is 12.1. The van der Waals surface area contributed by atoms with Crippen molar-refractivity contribution in [2.45, 2.75) is 62.0 Å². The summed E-state index contributed by atoms with van der Waals surface area (Å²) in [6, 6.07) is 4.07. The van der Waals surface area contributed by atoms with E-state index in [0.717, 1.165) is 18.7 Å². The minimum absolute atomic E-state index is 0.00840. The standard InChI is InChI=1S/C22H30N2O4S/c1-16-6-4-13-24(16)14-5-15-27-19-10-8-18(9-11-19)21-17(2)29(25,26)22-20(28-21)7-3-12-23-22/h3,7-8,10-12,16-18,21H,4-6,9,13-15H2,1-2H3/t16-,17+,18?,21-/m1/s1.